The summed E-state index contributed by atoms with van der Waals surface area (Å²) in [6.07, 6.45) is 2.92. The molecule has 3 aromatic rings. The first-order chi connectivity index (χ1) is 16.0. The Morgan fingerprint density at radius 3 is 2.55 bits per heavy atom. The van der Waals surface area contributed by atoms with Crippen LogP contribution in [0, 0.1) is 16.0 Å². The summed E-state index contributed by atoms with van der Waals surface area (Å²) < 4.78 is 6.77. The van der Waals surface area contributed by atoms with Crippen LogP contribution in [0.25, 0.3) is 16.9 Å². The molecule has 0 saturated carbocycles. The van der Waals surface area contributed by atoms with Gasteiger partial charge in [0.25, 0.3) is 11.6 Å². The van der Waals surface area contributed by atoms with Crippen LogP contribution in [0.4, 0.5) is 5.69 Å². The molecule has 33 heavy (non-hydrogen) atoms. The van der Waals surface area contributed by atoms with E-state index in [2.05, 4.69) is 5.10 Å². The molecule has 4 rings (SSSR count). The zero-order valence-corrected chi connectivity index (χ0v) is 18.2. The Balaban J connectivity index is 1.70. The largest absolute Gasteiger partial charge is 0.466 e. The lowest BCUT2D eigenvalue weighted by atomic mass is 9.97. The Morgan fingerprint density at radius 1 is 1.15 bits per heavy atom. The number of nitro groups is 1. The van der Waals surface area contributed by atoms with Crippen molar-refractivity contribution in [1.29, 1.82) is 0 Å². The first kappa shape index (κ1) is 22.2. The van der Waals surface area contributed by atoms with Gasteiger partial charge in [0.05, 0.1) is 40.6 Å². The molecular weight excluding hydrogens is 424 g/mol. The predicted molar refractivity (Wildman–Crippen MR) is 121 cm³/mol. The first-order valence-corrected chi connectivity index (χ1v) is 10.8. The summed E-state index contributed by atoms with van der Waals surface area (Å²) >= 11 is 0. The average Bonchev–Trinajstić information content (AvgIpc) is 3.29. The number of nitrogens with zero attached hydrogens (tertiary/aromatic N) is 4. The standard InChI is InChI=1S/C24H24N4O5/c1-2-33-24(30)18-9-6-14-26(16-18)23(29)21-15-25-27(22(21)17-7-4-3-5-8-17)19-10-12-20(13-11-19)28(31)32/h3-5,7-8,10-13,15,18H,2,6,9,14,16H2,1H3. The molecule has 1 aromatic heterocycles. The summed E-state index contributed by atoms with van der Waals surface area (Å²) in [5.41, 5.74) is 2.36. The third-order valence-corrected chi connectivity index (χ3v) is 5.68. The highest BCUT2D eigenvalue weighted by molar-refractivity contribution is 6.00. The van der Waals surface area contributed by atoms with E-state index in [0.717, 1.165) is 5.56 Å². The van der Waals surface area contributed by atoms with Gasteiger partial charge in [-0.1, -0.05) is 30.3 Å². The van der Waals surface area contributed by atoms with Crippen LogP contribution in [-0.2, 0) is 9.53 Å². The van der Waals surface area contributed by atoms with Crippen LogP contribution >= 0.6 is 0 Å². The molecule has 0 spiro atoms. The number of non-ortho nitro benzene ring substituents is 1. The number of carbonyl (C=O) groups excluding carboxylic acids is 2. The van der Waals surface area contributed by atoms with Crippen LogP contribution in [0.15, 0.2) is 60.8 Å². The summed E-state index contributed by atoms with van der Waals surface area (Å²) in [5.74, 6) is -0.830. The quantitative estimate of drug-likeness (QED) is 0.322. The van der Waals surface area contributed by atoms with Crippen molar-refractivity contribution in [2.24, 2.45) is 5.92 Å². The molecule has 9 heteroatoms. The molecule has 1 saturated heterocycles. The molecule has 1 unspecified atom stereocenters. The van der Waals surface area contributed by atoms with Crippen molar-refractivity contribution in [3.8, 4) is 16.9 Å². The van der Waals surface area contributed by atoms with E-state index >= 15 is 0 Å². The van der Waals surface area contributed by atoms with Crippen LogP contribution < -0.4 is 0 Å². The lowest BCUT2D eigenvalue weighted by molar-refractivity contribution is -0.384. The lowest BCUT2D eigenvalue weighted by Crippen LogP contribution is -2.42. The van der Waals surface area contributed by atoms with E-state index in [9.17, 15) is 19.7 Å². The molecule has 1 aliphatic rings. The van der Waals surface area contributed by atoms with Crippen molar-refractivity contribution in [3.63, 3.8) is 0 Å². The van der Waals surface area contributed by atoms with Crippen LogP contribution in [0.3, 0.4) is 0 Å². The SMILES string of the molecule is CCOC(=O)C1CCCN(C(=O)c2cnn(-c3ccc([N+](=O)[O-])cc3)c2-c2ccccc2)C1. The highest BCUT2D eigenvalue weighted by Gasteiger charge is 2.32. The van der Waals surface area contributed by atoms with Gasteiger partial charge in [0.1, 0.15) is 0 Å². The highest BCUT2D eigenvalue weighted by Crippen LogP contribution is 2.30. The molecule has 1 amide bonds. The minimum Gasteiger partial charge on any atom is -0.466 e. The summed E-state index contributed by atoms with van der Waals surface area (Å²) in [6.45, 7) is 2.92. The number of hydrogen-bond donors (Lipinski definition) is 0. The fourth-order valence-electron chi connectivity index (χ4n) is 4.07. The lowest BCUT2D eigenvalue weighted by Gasteiger charge is -2.31. The number of esters is 1. The van der Waals surface area contributed by atoms with Gasteiger partial charge in [0, 0.05) is 30.8 Å². The first-order valence-electron chi connectivity index (χ1n) is 10.8. The van der Waals surface area contributed by atoms with Crippen LogP contribution in [0.1, 0.15) is 30.1 Å². The van der Waals surface area contributed by atoms with Crippen LogP contribution in [0.2, 0.25) is 0 Å². The van der Waals surface area contributed by atoms with E-state index in [1.807, 2.05) is 30.3 Å². The van der Waals surface area contributed by atoms with E-state index in [-0.39, 0.29) is 23.5 Å². The van der Waals surface area contributed by atoms with Crippen molar-refractivity contribution < 1.29 is 19.2 Å². The zero-order chi connectivity index (χ0) is 23.4. The molecule has 2 heterocycles. The van der Waals surface area contributed by atoms with E-state index < -0.39 is 4.92 Å². The predicted octanol–water partition coefficient (Wildman–Crippen LogP) is 3.86. The molecule has 0 N–H and O–H groups in total. The molecule has 0 radical (unpaired) electrons. The van der Waals surface area contributed by atoms with Gasteiger partial charge in [-0.2, -0.15) is 5.10 Å². The number of benzene rings is 2. The number of aromatic nitrogens is 2. The molecule has 9 nitrogen and oxygen atoms in total. The average molecular weight is 448 g/mol. The Morgan fingerprint density at radius 2 is 1.88 bits per heavy atom. The fourth-order valence-corrected chi connectivity index (χ4v) is 4.07. The number of rotatable bonds is 6. The number of nitro benzene ring substituents is 1. The third kappa shape index (κ3) is 4.62. The van der Waals surface area contributed by atoms with Crippen molar-refractivity contribution in [3.05, 3.63) is 76.5 Å². The van der Waals surface area contributed by atoms with Crippen LogP contribution in [0.5, 0.6) is 0 Å². The Hall–Kier alpha value is -4.01. The van der Waals surface area contributed by atoms with Gasteiger partial charge in [-0.15, -0.1) is 0 Å². The van der Waals surface area contributed by atoms with Gasteiger partial charge >= 0.3 is 5.97 Å². The molecule has 1 atom stereocenters. The number of carbonyl (C=O) groups is 2. The molecule has 0 bridgehead atoms. The van der Waals surface area contributed by atoms with Crippen molar-refractivity contribution in [2.75, 3.05) is 19.7 Å². The number of amides is 1. The van der Waals surface area contributed by atoms with E-state index in [0.29, 0.717) is 49.5 Å². The third-order valence-electron chi connectivity index (χ3n) is 5.68. The Bertz CT molecular complexity index is 1160. The van der Waals surface area contributed by atoms with Crippen molar-refractivity contribution in [1.82, 2.24) is 14.7 Å². The summed E-state index contributed by atoms with van der Waals surface area (Å²) in [7, 11) is 0. The maximum absolute atomic E-state index is 13.5. The maximum Gasteiger partial charge on any atom is 0.310 e. The van der Waals surface area contributed by atoms with Gasteiger partial charge in [-0.05, 0) is 31.9 Å². The second-order valence-electron chi connectivity index (χ2n) is 7.80. The zero-order valence-electron chi connectivity index (χ0n) is 18.2. The second kappa shape index (κ2) is 9.64. The number of hydrogen-bond acceptors (Lipinski definition) is 6. The summed E-state index contributed by atoms with van der Waals surface area (Å²) in [6, 6.07) is 15.4. The molecule has 1 fully saturated rings. The molecule has 2 aromatic carbocycles. The monoisotopic (exact) mass is 448 g/mol. The number of ether oxygens (including phenoxy) is 1. The van der Waals surface area contributed by atoms with Gasteiger partial charge < -0.3 is 9.64 Å². The van der Waals surface area contributed by atoms with Gasteiger partial charge in [-0.25, -0.2) is 4.68 Å². The maximum atomic E-state index is 13.5. The minimum atomic E-state index is -0.462. The van der Waals surface area contributed by atoms with Gasteiger partial charge in [0.15, 0.2) is 0 Å². The summed E-state index contributed by atoms with van der Waals surface area (Å²) in [5, 5.41) is 15.5. The summed E-state index contributed by atoms with van der Waals surface area (Å²) in [4.78, 5) is 38.0. The molecule has 170 valence electrons. The van der Waals surface area contributed by atoms with E-state index in [1.54, 1.807) is 28.6 Å². The second-order valence-corrected chi connectivity index (χ2v) is 7.80. The van der Waals surface area contributed by atoms with Crippen molar-refractivity contribution in [2.45, 2.75) is 19.8 Å². The van der Waals surface area contributed by atoms with Crippen molar-refractivity contribution >= 4 is 17.6 Å². The molecule has 0 aliphatic carbocycles. The number of likely N-dealkylation sites (tertiary alicyclic amines) is 1. The van der Waals surface area contributed by atoms with Gasteiger partial charge in [0.2, 0.25) is 0 Å². The topological polar surface area (TPSA) is 108 Å². The molecule has 1 aliphatic heterocycles. The van der Waals surface area contributed by atoms with E-state index in [4.69, 9.17) is 4.74 Å². The van der Waals surface area contributed by atoms with E-state index in [1.165, 1.54) is 18.3 Å². The fraction of sp³-hybridized carbons (Fsp3) is 0.292. The Kier molecular flexibility index (Phi) is 6.48. The minimum absolute atomic E-state index is 0.0261. The number of piperidine rings is 1. The Labute approximate surface area is 190 Å². The smallest absolute Gasteiger partial charge is 0.310 e. The molecular formula is C24H24N4O5. The van der Waals surface area contributed by atoms with Gasteiger partial charge in [-0.3, -0.25) is 19.7 Å². The highest BCUT2D eigenvalue weighted by atomic mass is 16.6. The van der Waals surface area contributed by atoms with Crippen LogP contribution in [-0.4, -0.2) is 51.2 Å². The normalized spacial score (nSPS) is 15.8.